The molecule has 1 atom stereocenters. The Labute approximate surface area is 133 Å². The minimum absolute atomic E-state index is 0.164. The van der Waals surface area contributed by atoms with Gasteiger partial charge in [-0.15, -0.1) is 5.10 Å². The summed E-state index contributed by atoms with van der Waals surface area (Å²) in [6, 6.07) is 7.35. The zero-order valence-electron chi connectivity index (χ0n) is 9.63. The van der Waals surface area contributed by atoms with Crippen molar-refractivity contribution in [2.45, 2.75) is 16.5 Å². The molecule has 0 spiro atoms. The highest BCUT2D eigenvalue weighted by Crippen LogP contribution is 2.29. The molecule has 1 aromatic carbocycles. The molecule has 2 aromatic rings. The van der Waals surface area contributed by atoms with Gasteiger partial charge in [0.25, 0.3) is 0 Å². The van der Waals surface area contributed by atoms with Crippen molar-refractivity contribution in [3.63, 3.8) is 0 Å². The van der Waals surface area contributed by atoms with E-state index in [4.69, 9.17) is 40.7 Å². The summed E-state index contributed by atoms with van der Waals surface area (Å²) in [7, 11) is 0. The van der Waals surface area contributed by atoms with E-state index in [9.17, 15) is 0 Å². The molecule has 1 aromatic heterocycles. The average Bonchev–Trinajstić information content (AvgIpc) is 2.73. The Kier molecular flexibility index (Phi) is 4.87. The van der Waals surface area contributed by atoms with Crippen LogP contribution in [0.2, 0.25) is 10.0 Å². The molecule has 0 radical (unpaired) electrons. The summed E-state index contributed by atoms with van der Waals surface area (Å²) < 4.78 is 2.98. The van der Waals surface area contributed by atoms with Crippen LogP contribution in [0.5, 0.6) is 0 Å². The highest BCUT2D eigenvalue weighted by Gasteiger charge is 2.11. The molecule has 0 aliphatic carbocycles. The maximum absolute atomic E-state index is 8.80. The van der Waals surface area contributed by atoms with Gasteiger partial charge in [0.1, 0.15) is 0 Å². The summed E-state index contributed by atoms with van der Waals surface area (Å²) in [6.45, 7) is 1.82. The number of aromatic nitrogens is 2. The lowest BCUT2D eigenvalue weighted by atomic mass is 10.3. The summed E-state index contributed by atoms with van der Waals surface area (Å²) in [4.78, 5) is 0. The van der Waals surface area contributed by atoms with E-state index in [1.165, 1.54) is 23.1 Å². The van der Waals surface area contributed by atoms with Crippen molar-refractivity contribution in [3.8, 4) is 11.8 Å². The Morgan fingerprint density at radius 1 is 1.47 bits per heavy atom. The van der Waals surface area contributed by atoms with Crippen LogP contribution < -0.4 is 0 Å². The number of thioether (sulfide) groups is 1. The molecule has 0 fully saturated rings. The van der Waals surface area contributed by atoms with Crippen molar-refractivity contribution >= 4 is 58.5 Å². The first-order chi connectivity index (χ1) is 9.01. The highest BCUT2D eigenvalue weighted by molar-refractivity contribution is 8.01. The fraction of sp³-hybridized carbons (Fsp3) is 0.182. The first kappa shape index (κ1) is 14.8. The first-order valence-electron chi connectivity index (χ1n) is 5.13. The fourth-order valence-corrected chi connectivity index (χ4v) is 3.95. The predicted octanol–water partition coefficient (Wildman–Crippen LogP) is 4.97. The normalized spacial score (nSPS) is 12.1. The largest absolute Gasteiger partial charge is 0.211 e. The summed E-state index contributed by atoms with van der Waals surface area (Å²) in [5.41, 5.74) is 0.757. The van der Waals surface area contributed by atoms with Crippen molar-refractivity contribution in [2.24, 2.45) is 0 Å². The number of hydrogen-bond donors (Lipinski definition) is 0. The van der Waals surface area contributed by atoms with Crippen LogP contribution in [0.25, 0.3) is 5.69 Å². The average molecular weight is 348 g/mol. The zero-order chi connectivity index (χ0) is 14.0. The van der Waals surface area contributed by atoms with Crippen LogP contribution in [0, 0.1) is 15.3 Å². The van der Waals surface area contributed by atoms with Gasteiger partial charge in [-0.25, -0.2) is 4.68 Å². The minimum Gasteiger partial charge on any atom is -0.211 e. The van der Waals surface area contributed by atoms with Crippen molar-refractivity contribution in [1.29, 1.82) is 5.26 Å². The summed E-state index contributed by atoms with van der Waals surface area (Å²) in [5, 5.41) is 14.0. The molecule has 98 valence electrons. The molecule has 0 saturated carbocycles. The van der Waals surface area contributed by atoms with Crippen LogP contribution >= 0.6 is 58.5 Å². The standard InChI is InChI=1S/C11H7Cl2N3S3/c1-6(5-14)18-10-15-16(11(17)19-10)7-2-3-8(12)9(13)4-7/h2-4,6H,1H3/t6-/m0/s1. The van der Waals surface area contributed by atoms with E-state index in [2.05, 4.69) is 11.2 Å². The van der Waals surface area contributed by atoms with Gasteiger partial charge in [0, 0.05) is 0 Å². The molecule has 0 amide bonds. The molecular weight excluding hydrogens is 341 g/mol. The van der Waals surface area contributed by atoms with Gasteiger partial charge in [-0.05, 0) is 37.3 Å². The second-order valence-electron chi connectivity index (χ2n) is 3.53. The van der Waals surface area contributed by atoms with Gasteiger partial charge in [-0.3, -0.25) is 0 Å². The second-order valence-corrected chi connectivity index (χ2v) is 7.56. The Hall–Kier alpha value is -0.580. The number of halogens is 2. The van der Waals surface area contributed by atoms with E-state index in [1.807, 2.05) is 6.92 Å². The lowest BCUT2D eigenvalue weighted by Crippen LogP contribution is -1.97. The number of nitriles is 1. The topological polar surface area (TPSA) is 41.6 Å². The lowest BCUT2D eigenvalue weighted by molar-refractivity contribution is 0.829. The lowest BCUT2D eigenvalue weighted by Gasteiger charge is -2.02. The molecule has 0 bridgehead atoms. The maximum atomic E-state index is 8.80. The molecule has 0 aliphatic heterocycles. The molecule has 2 rings (SSSR count). The van der Waals surface area contributed by atoms with Crippen LogP contribution in [0.4, 0.5) is 0 Å². The van der Waals surface area contributed by atoms with Crippen LogP contribution in [-0.4, -0.2) is 15.0 Å². The molecular formula is C11H7Cl2N3S3. The van der Waals surface area contributed by atoms with Crippen molar-refractivity contribution in [1.82, 2.24) is 9.78 Å². The van der Waals surface area contributed by atoms with Gasteiger partial charge in [-0.1, -0.05) is 46.3 Å². The van der Waals surface area contributed by atoms with Crippen molar-refractivity contribution in [3.05, 3.63) is 32.2 Å². The van der Waals surface area contributed by atoms with E-state index in [0.29, 0.717) is 14.0 Å². The number of benzene rings is 1. The third-order valence-corrected chi connectivity index (χ3v) is 5.18. The molecule has 3 nitrogen and oxygen atoms in total. The van der Waals surface area contributed by atoms with Gasteiger partial charge in [0.15, 0.2) is 8.29 Å². The Morgan fingerprint density at radius 3 is 2.84 bits per heavy atom. The van der Waals surface area contributed by atoms with Crippen molar-refractivity contribution < 1.29 is 0 Å². The molecule has 0 N–H and O–H groups in total. The molecule has 0 saturated heterocycles. The van der Waals surface area contributed by atoms with Gasteiger partial charge in [0.2, 0.25) is 0 Å². The highest BCUT2D eigenvalue weighted by atomic mass is 35.5. The quantitative estimate of drug-likeness (QED) is 0.580. The van der Waals surface area contributed by atoms with Gasteiger partial charge >= 0.3 is 0 Å². The second kappa shape index (κ2) is 6.25. The fourth-order valence-electron chi connectivity index (χ4n) is 1.27. The molecule has 1 heterocycles. The molecule has 0 unspecified atom stereocenters. The van der Waals surface area contributed by atoms with Gasteiger partial charge < -0.3 is 0 Å². The SMILES string of the molecule is C[C@@H](C#N)Sc1nn(-c2ccc(Cl)c(Cl)c2)c(=S)s1. The third kappa shape index (κ3) is 3.50. The van der Waals surface area contributed by atoms with Crippen LogP contribution in [-0.2, 0) is 0 Å². The van der Waals surface area contributed by atoms with E-state index >= 15 is 0 Å². The third-order valence-electron chi connectivity index (χ3n) is 2.14. The summed E-state index contributed by atoms with van der Waals surface area (Å²) >= 11 is 19.9. The number of hydrogen-bond acceptors (Lipinski definition) is 5. The van der Waals surface area contributed by atoms with E-state index in [0.717, 1.165) is 10.0 Å². The van der Waals surface area contributed by atoms with Crippen LogP contribution in [0.15, 0.2) is 22.5 Å². The van der Waals surface area contributed by atoms with Gasteiger partial charge in [-0.2, -0.15) is 5.26 Å². The zero-order valence-corrected chi connectivity index (χ0v) is 13.6. The van der Waals surface area contributed by atoms with Crippen molar-refractivity contribution in [2.75, 3.05) is 0 Å². The van der Waals surface area contributed by atoms with Crippen LogP contribution in [0.1, 0.15) is 6.92 Å². The monoisotopic (exact) mass is 347 g/mol. The van der Waals surface area contributed by atoms with E-state index < -0.39 is 0 Å². The predicted molar refractivity (Wildman–Crippen MR) is 83.2 cm³/mol. The molecule has 19 heavy (non-hydrogen) atoms. The van der Waals surface area contributed by atoms with Crippen LogP contribution in [0.3, 0.4) is 0 Å². The van der Waals surface area contributed by atoms with Gasteiger partial charge in [0.05, 0.1) is 27.1 Å². The smallest absolute Gasteiger partial charge is 0.184 e. The van der Waals surface area contributed by atoms with E-state index in [1.54, 1.807) is 22.9 Å². The maximum Gasteiger partial charge on any atom is 0.184 e. The summed E-state index contributed by atoms with van der Waals surface area (Å²) in [6.07, 6.45) is 0. The first-order valence-corrected chi connectivity index (χ1v) is 7.99. The Balaban J connectivity index is 2.38. The number of rotatable bonds is 3. The molecule has 8 heteroatoms. The number of nitrogens with zero attached hydrogens (tertiary/aromatic N) is 3. The Morgan fingerprint density at radius 2 is 2.21 bits per heavy atom. The minimum atomic E-state index is -0.164. The Bertz CT molecular complexity index is 702. The summed E-state index contributed by atoms with van der Waals surface area (Å²) in [5.74, 6) is 0. The molecule has 0 aliphatic rings. The van der Waals surface area contributed by atoms with E-state index in [-0.39, 0.29) is 5.25 Å².